The number of thiophene rings is 1. The highest BCUT2D eigenvalue weighted by atomic mass is 35.5. The maximum absolute atomic E-state index is 6.06. The van der Waals surface area contributed by atoms with Gasteiger partial charge in [0, 0.05) is 16.1 Å². The molecule has 19 heavy (non-hydrogen) atoms. The number of halogens is 2. The van der Waals surface area contributed by atoms with Gasteiger partial charge >= 0.3 is 0 Å². The average Bonchev–Trinajstić information content (AvgIpc) is 2.83. The predicted octanol–water partition coefficient (Wildman–Crippen LogP) is 5.15. The molecule has 0 saturated heterocycles. The van der Waals surface area contributed by atoms with Crippen LogP contribution in [0.2, 0.25) is 5.02 Å². The number of benzene rings is 1. The summed E-state index contributed by atoms with van der Waals surface area (Å²) >= 11 is 13.6. The first-order chi connectivity index (χ1) is 9.24. The van der Waals surface area contributed by atoms with Crippen molar-refractivity contribution in [3.8, 4) is 5.75 Å². The molecule has 1 N–H and O–H groups in total. The Hall–Kier alpha value is -0.900. The number of rotatable bonds is 6. The van der Waals surface area contributed by atoms with Crippen molar-refractivity contribution < 1.29 is 4.74 Å². The lowest BCUT2D eigenvalue weighted by Gasteiger charge is -2.11. The van der Waals surface area contributed by atoms with Gasteiger partial charge in [0.1, 0.15) is 5.75 Å². The van der Waals surface area contributed by atoms with Crippen LogP contribution in [0.3, 0.4) is 0 Å². The Balaban J connectivity index is 2.07. The van der Waals surface area contributed by atoms with Gasteiger partial charge in [-0.15, -0.1) is 22.9 Å². The van der Waals surface area contributed by atoms with Crippen LogP contribution in [-0.2, 0) is 12.4 Å². The molecule has 2 nitrogen and oxygen atoms in total. The molecular formula is C14H15Cl2NOS. The van der Waals surface area contributed by atoms with E-state index in [0.29, 0.717) is 19.0 Å². The Morgan fingerprint density at radius 3 is 2.79 bits per heavy atom. The third-order valence-electron chi connectivity index (χ3n) is 2.65. The maximum Gasteiger partial charge on any atom is 0.123 e. The molecule has 5 heteroatoms. The molecule has 0 unspecified atom stereocenters. The summed E-state index contributed by atoms with van der Waals surface area (Å²) in [6, 6.07) is 7.85. The van der Waals surface area contributed by atoms with Crippen LogP contribution in [0.1, 0.15) is 17.4 Å². The van der Waals surface area contributed by atoms with Gasteiger partial charge in [0.25, 0.3) is 0 Å². The van der Waals surface area contributed by atoms with Crippen LogP contribution >= 0.6 is 34.5 Å². The summed E-state index contributed by atoms with van der Waals surface area (Å²) in [5.41, 5.74) is 2.01. The molecule has 0 amide bonds. The minimum Gasteiger partial charge on any atom is -0.494 e. The first-order valence-electron chi connectivity index (χ1n) is 6.02. The second-order valence-electron chi connectivity index (χ2n) is 3.93. The summed E-state index contributed by atoms with van der Waals surface area (Å²) in [4.78, 5) is 1.13. The Bertz CT molecular complexity index is 542. The minimum atomic E-state index is 0.435. The van der Waals surface area contributed by atoms with E-state index in [9.17, 15) is 0 Å². The van der Waals surface area contributed by atoms with Crippen molar-refractivity contribution in [2.45, 2.75) is 19.3 Å². The fraction of sp³-hybridized carbons (Fsp3) is 0.286. The standard InChI is InChI=1S/C14H15Cl2NOS/c1-2-18-13-4-3-11(7-10(13)8-15)17-9-14-12(16)5-6-19-14/h3-7,17H,2,8-9H2,1H3. The molecule has 0 fully saturated rings. The van der Waals surface area contributed by atoms with Crippen molar-refractivity contribution in [1.29, 1.82) is 0 Å². The minimum absolute atomic E-state index is 0.435. The highest BCUT2D eigenvalue weighted by Gasteiger charge is 2.05. The normalized spacial score (nSPS) is 10.5. The topological polar surface area (TPSA) is 21.3 Å². The lowest BCUT2D eigenvalue weighted by molar-refractivity contribution is 0.337. The summed E-state index contributed by atoms with van der Waals surface area (Å²) in [6.45, 7) is 3.32. The van der Waals surface area contributed by atoms with E-state index >= 15 is 0 Å². The first kappa shape index (κ1) is 14.5. The van der Waals surface area contributed by atoms with E-state index in [4.69, 9.17) is 27.9 Å². The SMILES string of the molecule is CCOc1ccc(NCc2sccc2Cl)cc1CCl. The number of alkyl halides is 1. The summed E-state index contributed by atoms with van der Waals surface area (Å²) in [5, 5.41) is 6.14. The second-order valence-corrected chi connectivity index (χ2v) is 5.61. The summed E-state index contributed by atoms with van der Waals surface area (Å²) in [6.07, 6.45) is 0. The molecule has 1 aromatic carbocycles. The molecule has 0 aliphatic carbocycles. The van der Waals surface area contributed by atoms with E-state index in [-0.39, 0.29) is 0 Å². The maximum atomic E-state index is 6.06. The van der Waals surface area contributed by atoms with E-state index in [0.717, 1.165) is 26.9 Å². The molecular weight excluding hydrogens is 301 g/mol. The Morgan fingerprint density at radius 2 is 2.16 bits per heavy atom. The van der Waals surface area contributed by atoms with Crippen LogP contribution in [0.5, 0.6) is 5.75 Å². The van der Waals surface area contributed by atoms with Crippen molar-refractivity contribution in [3.63, 3.8) is 0 Å². The van der Waals surface area contributed by atoms with E-state index in [2.05, 4.69) is 5.32 Å². The Kier molecular flexibility index (Phi) is 5.37. The Morgan fingerprint density at radius 1 is 1.32 bits per heavy atom. The molecule has 0 atom stereocenters. The van der Waals surface area contributed by atoms with Gasteiger partial charge in [0.05, 0.1) is 24.1 Å². The smallest absolute Gasteiger partial charge is 0.123 e. The average molecular weight is 316 g/mol. The zero-order chi connectivity index (χ0) is 13.7. The van der Waals surface area contributed by atoms with Gasteiger partial charge in [0.15, 0.2) is 0 Å². The molecule has 102 valence electrons. The number of anilines is 1. The van der Waals surface area contributed by atoms with Crippen LogP contribution < -0.4 is 10.1 Å². The second kappa shape index (κ2) is 7.04. The summed E-state index contributed by atoms with van der Waals surface area (Å²) < 4.78 is 5.52. The molecule has 0 bridgehead atoms. The van der Waals surface area contributed by atoms with Crippen molar-refractivity contribution >= 4 is 40.2 Å². The van der Waals surface area contributed by atoms with Crippen LogP contribution in [0, 0.1) is 0 Å². The molecule has 1 heterocycles. The third-order valence-corrected chi connectivity index (χ3v) is 4.32. The molecule has 2 aromatic rings. The van der Waals surface area contributed by atoms with Gasteiger partial charge in [0.2, 0.25) is 0 Å². The molecule has 0 spiro atoms. The van der Waals surface area contributed by atoms with E-state index in [1.165, 1.54) is 0 Å². The number of nitrogens with one attached hydrogen (secondary N) is 1. The largest absolute Gasteiger partial charge is 0.494 e. The molecule has 0 aliphatic heterocycles. The monoisotopic (exact) mass is 315 g/mol. The quantitative estimate of drug-likeness (QED) is 0.744. The number of ether oxygens (including phenoxy) is 1. The highest BCUT2D eigenvalue weighted by molar-refractivity contribution is 7.10. The number of hydrogen-bond donors (Lipinski definition) is 1. The van der Waals surface area contributed by atoms with Gasteiger partial charge in [-0.2, -0.15) is 0 Å². The fourth-order valence-corrected chi connectivity index (χ4v) is 2.98. The van der Waals surface area contributed by atoms with Crippen LogP contribution in [0.15, 0.2) is 29.6 Å². The Labute approximate surface area is 127 Å². The van der Waals surface area contributed by atoms with Gasteiger partial charge in [-0.1, -0.05) is 11.6 Å². The zero-order valence-corrected chi connectivity index (χ0v) is 12.9. The molecule has 0 saturated carbocycles. The zero-order valence-electron chi connectivity index (χ0n) is 10.6. The van der Waals surface area contributed by atoms with Crippen LogP contribution in [0.25, 0.3) is 0 Å². The first-order valence-corrected chi connectivity index (χ1v) is 7.81. The van der Waals surface area contributed by atoms with Gasteiger partial charge in [-0.25, -0.2) is 0 Å². The summed E-state index contributed by atoms with van der Waals surface area (Å²) in [5.74, 6) is 1.28. The molecule has 2 rings (SSSR count). The van der Waals surface area contributed by atoms with Crippen molar-refractivity contribution in [2.24, 2.45) is 0 Å². The fourth-order valence-electron chi connectivity index (χ4n) is 1.72. The molecule has 0 radical (unpaired) electrons. The molecule has 1 aromatic heterocycles. The third kappa shape index (κ3) is 3.78. The van der Waals surface area contributed by atoms with Gasteiger partial charge in [-0.3, -0.25) is 0 Å². The van der Waals surface area contributed by atoms with Crippen molar-refractivity contribution in [3.05, 3.63) is 45.1 Å². The van der Waals surface area contributed by atoms with Gasteiger partial charge < -0.3 is 10.1 Å². The predicted molar refractivity (Wildman–Crippen MR) is 83.8 cm³/mol. The van der Waals surface area contributed by atoms with Crippen LogP contribution in [0.4, 0.5) is 5.69 Å². The molecule has 0 aliphatic rings. The van der Waals surface area contributed by atoms with Crippen molar-refractivity contribution in [2.75, 3.05) is 11.9 Å². The van der Waals surface area contributed by atoms with Crippen molar-refractivity contribution in [1.82, 2.24) is 0 Å². The lowest BCUT2D eigenvalue weighted by atomic mass is 10.2. The van der Waals surface area contributed by atoms with E-state index in [1.54, 1.807) is 11.3 Å². The van der Waals surface area contributed by atoms with E-state index < -0.39 is 0 Å². The highest BCUT2D eigenvalue weighted by Crippen LogP contribution is 2.26. The van der Waals surface area contributed by atoms with Crippen LogP contribution in [-0.4, -0.2) is 6.61 Å². The van der Waals surface area contributed by atoms with E-state index in [1.807, 2.05) is 36.6 Å². The van der Waals surface area contributed by atoms with Gasteiger partial charge in [-0.05, 0) is 36.6 Å². The summed E-state index contributed by atoms with van der Waals surface area (Å²) in [7, 11) is 0. The number of hydrogen-bond acceptors (Lipinski definition) is 3. The lowest BCUT2D eigenvalue weighted by Crippen LogP contribution is -2.00.